The highest BCUT2D eigenvalue weighted by molar-refractivity contribution is 5.89. The fraction of sp³-hybridized carbons (Fsp3) is 0.458. The third-order valence-corrected chi connectivity index (χ3v) is 5.78. The molecule has 1 aliphatic rings. The van der Waals surface area contributed by atoms with Crippen LogP contribution in [0.2, 0.25) is 0 Å². The molecular weight excluding hydrogens is 380 g/mol. The van der Waals surface area contributed by atoms with Crippen LogP contribution in [0.4, 0.5) is 0 Å². The van der Waals surface area contributed by atoms with Gasteiger partial charge in [-0.1, -0.05) is 24.3 Å². The van der Waals surface area contributed by atoms with Crippen molar-refractivity contribution in [2.75, 3.05) is 40.5 Å². The van der Waals surface area contributed by atoms with E-state index in [0.29, 0.717) is 11.6 Å². The number of hydrogen-bond acceptors (Lipinski definition) is 6. The Balaban J connectivity index is 1.61. The smallest absolute Gasteiger partial charge is 0.337 e. The number of carbonyl (C=O) groups is 1. The summed E-state index contributed by atoms with van der Waals surface area (Å²) in [6.07, 6.45) is 0.757. The summed E-state index contributed by atoms with van der Waals surface area (Å²) in [5.41, 5.74) is 4.15. The first-order valence-corrected chi connectivity index (χ1v) is 10.4. The molecule has 0 amide bonds. The van der Waals surface area contributed by atoms with Crippen LogP contribution in [0.5, 0.6) is 5.75 Å². The second-order valence-corrected chi connectivity index (χ2v) is 7.86. The van der Waals surface area contributed by atoms with Crippen molar-refractivity contribution in [2.24, 2.45) is 0 Å². The van der Waals surface area contributed by atoms with E-state index in [1.807, 2.05) is 30.3 Å². The van der Waals surface area contributed by atoms with Crippen LogP contribution in [0.1, 0.15) is 33.5 Å². The second kappa shape index (κ2) is 10.6. The molecule has 162 valence electrons. The first-order valence-electron chi connectivity index (χ1n) is 10.4. The molecule has 0 unspecified atom stereocenters. The van der Waals surface area contributed by atoms with E-state index in [1.54, 1.807) is 7.11 Å². The normalized spacial score (nSPS) is 17.7. The van der Waals surface area contributed by atoms with Crippen molar-refractivity contribution in [1.29, 1.82) is 0 Å². The Labute approximate surface area is 179 Å². The minimum Gasteiger partial charge on any atom is -0.496 e. The highest BCUT2D eigenvalue weighted by Crippen LogP contribution is 2.22. The number of nitrogens with zero attached hydrogens (tertiary/aromatic N) is 2. The second-order valence-electron chi connectivity index (χ2n) is 7.86. The van der Waals surface area contributed by atoms with Crippen molar-refractivity contribution in [1.82, 2.24) is 9.80 Å². The van der Waals surface area contributed by atoms with Crippen molar-refractivity contribution in [3.63, 3.8) is 0 Å². The Morgan fingerprint density at radius 3 is 2.43 bits per heavy atom. The van der Waals surface area contributed by atoms with E-state index in [9.17, 15) is 9.90 Å². The largest absolute Gasteiger partial charge is 0.496 e. The lowest BCUT2D eigenvalue weighted by molar-refractivity contribution is 0.0499. The fourth-order valence-electron chi connectivity index (χ4n) is 4.13. The molecule has 0 saturated carbocycles. The minimum atomic E-state index is -0.313. The third kappa shape index (κ3) is 5.59. The number of hydrogen-bond donors (Lipinski definition) is 1. The van der Waals surface area contributed by atoms with Crippen LogP contribution in [0.15, 0.2) is 42.5 Å². The number of aliphatic hydroxyl groups is 1. The molecule has 3 rings (SSSR count). The van der Waals surface area contributed by atoms with Gasteiger partial charge in [0.15, 0.2) is 0 Å². The molecule has 1 N–H and O–H groups in total. The zero-order valence-corrected chi connectivity index (χ0v) is 18.1. The van der Waals surface area contributed by atoms with Crippen molar-refractivity contribution >= 4 is 5.97 Å². The predicted octanol–water partition coefficient (Wildman–Crippen LogP) is 2.86. The molecule has 1 heterocycles. The fourth-order valence-corrected chi connectivity index (χ4v) is 4.13. The van der Waals surface area contributed by atoms with Gasteiger partial charge in [0.1, 0.15) is 5.75 Å². The predicted molar refractivity (Wildman–Crippen MR) is 117 cm³/mol. The van der Waals surface area contributed by atoms with Crippen molar-refractivity contribution < 1.29 is 19.4 Å². The van der Waals surface area contributed by atoms with Crippen LogP contribution in [-0.2, 0) is 17.8 Å². The summed E-state index contributed by atoms with van der Waals surface area (Å²) in [5, 5.41) is 9.59. The van der Waals surface area contributed by atoms with Crippen LogP contribution < -0.4 is 4.74 Å². The Hall–Kier alpha value is -2.41. The maximum atomic E-state index is 11.6. The summed E-state index contributed by atoms with van der Waals surface area (Å²) >= 11 is 0. The Bertz CT molecular complexity index is 838. The summed E-state index contributed by atoms with van der Waals surface area (Å²) in [4.78, 5) is 16.5. The Morgan fingerprint density at radius 1 is 1.07 bits per heavy atom. The zero-order valence-electron chi connectivity index (χ0n) is 18.1. The molecule has 2 aromatic carbocycles. The van der Waals surface area contributed by atoms with E-state index in [-0.39, 0.29) is 12.6 Å². The third-order valence-electron chi connectivity index (χ3n) is 5.78. The number of esters is 1. The van der Waals surface area contributed by atoms with Gasteiger partial charge in [-0.15, -0.1) is 0 Å². The molecule has 0 bridgehead atoms. The molecule has 1 atom stereocenters. The van der Waals surface area contributed by atoms with Crippen molar-refractivity contribution in [2.45, 2.75) is 32.5 Å². The number of carbonyl (C=O) groups excluding carboxylic acids is 1. The number of methoxy groups -OCH3 is 2. The first-order chi connectivity index (χ1) is 14.5. The lowest BCUT2D eigenvalue weighted by Gasteiger charge is -2.41. The molecule has 0 aromatic heterocycles. The molecule has 1 fully saturated rings. The van der Waals surface area contributed by atoms with E-state index in [4.69, 9.17) is 9.47 Å². The van der Waals surface area contributed by atoms with Gasteiger partial charge in [-0.05, 0) is 48.2 Å². The van der Waals surface area contributed by atoms with Crippen molar-refractivity contribution in [3.05, 3.63) is 64.7 Å². The van der Waals surface area contributed by atoms with Gasteiger partial charge in [-0.25, -0.2) is 4.79 Å². The maximum absolute atomic E-state index is 11.6. The molecular formula is C24H32N2O4. The number of aliphatic hydroxyl groups excluding tert-OH is 1. The van der Waals surface area contributed by atoms with E-state index in [0.717, 1.165) is 50.5 Å². The number of rotatable bonds is 8. The molecule has 1 aliphatic heterocycles. The maximum Gasteiger partial charge on any atom is 0.337 e. The zero-order chi connectivity index (χ0) is 21.5. The SMILES string of the molecule is COC(=O)c1ccc(CN2CCN(Cc3ccc(OC)c(C)c3)[C@H](CCO)C2)cc1. The van der Waals surface area contributed by atoms with Gasteiger partial charge >= 0.3 is 5.97 Å². The van der Waals surface area contributed by atoms with E-state index in [1.165, 1.54) is 18.2 Å². The summed E-state index contributed by atoms with van der Waals surface area (Å²) in [6.45, 7) is 6.79. The summed E-state index contributed by atoms with van der Waals surface area (Å²) in [7, 11) is 3.09. The summed E-state index contributed by atoms with van der Waals surface area (Å²) in [5.74, 6) is 0.598. The average Bonchev–Trinajstić information content (AvgIpc) is 2.76. The molecule has 0 spiro atoms. The van der Waals surface area contributed by atoms with Gasteiger partial charge in [0.05, 0.1) is 19.8 Å². The standard InChI is InChI=1S/C24H32N2O4/c1-18-14-20(6-9-23(18)29-2)16-26-12-11-25(17-22(26)10-13-27)15-19-4-7-21(8-5-19)24(28)30-3/h4-9,14,22,27H,10-13,15-17H2,1-3H3/t22-/m1/s1. The molecule has 2 aromatic rings. The van der Waals surface area contributed by atoms with Gasteiger partial charge in [-0.2, -0.15) is 0 Å². The van der Waals surface area contributed by atoms with Crippen LogP contribution in [0, 0.1) is 6.92 Å². The van der Waals surface area contributed by atoms with Crippen LogP contribution in [-0.4, -0.2) is 67.4 Å². The molecule has 6 nitrogen and oxygen atoms in total. The van der Waals surface area contributed by atoms with Crippen LogP contribution >= 0.6 is 0 Å². The summed E-state index contributed by atoms with van der Waals surface area (Å²) in [6, 6.07) is 14.2. The van der Waals surface area contributed by atoms with Gasteiger partial charge in [0.25, 0.3) is 0 Å². The highest BCUT2D eigenvalue weighted by atomic mass is 16.5. The molecule has 0 radical (unpaired) electrons. The van der Waals surface area contributed by atoms with E-state index >= 15 is 0 Å². The number of ether oxygens (including phenoxy) is 2. The Morgan fingerprint density at radius 2 is 1.80 bits per heavy atom. The van der Waals surface area contributed by atoms with Crippen LogP contribution in [0.3, 0.4) is 0 Å². The van der Waals surface area contributed by atoms with Gasteiger partial charge in [-0.3, -0.25) is 9.80 Å². The van der Waals surface area contributed by atoms with Crippen molar-refractivity contribution in [3.8, 4) is 5.75 Å². The average molecular weight is 413 g/mol. The molecule has 6 heteroatoms. The Kier molecular flexibility index (Phi) is 7.85. The van der Waals surface area contributed by atoms with E-state index in [2.05, 4.69) is 28.9 Å². The molecule has 0 aliphatic carbocycles. The quantitative estimate of drug-likeness (QED) is 0.673. The molecule has 30 heavy (non-hydrogen) atoms. The minimum absolute atomic E-state index is 0.185. The highest BCUT2D eigenvalue weighted by Gasteiger charge is 2.26. The monoisotopic (exact) mass is 412 g/mol. The lowest BCUT2D eigenvalue weighted by atomic mass is 10.0. The number of benzene rings is 2. The summed E-state index contributed by atoms with van der Waals surface area (Å²) < 4.78 is 10.1. The topological polar surface area (TPSA) is 62.2 Å². The van der Waals surface area contributed by atoms with Gasteiger partial charge in [0, 0.05) is 45.4 Å². The van der Waals surface area contributed by atoms with Gasteiger partial charge < -0.3 is 14.6 Å². The number of aryl methyl sites for hydroxylation is 1. The van der Waals surface area contributed by atoms with Gasteiger partial charge in [0.2, 0.25) is 0 Å². The number of piperazine rings is 1. The van der Waals surface area contributed by atoms with Crippen LogP contribution in [0.25, 0.3) is 0 Å². The lowest BCUT2D eigenvalue weighted by Crippen LogP contribution is -2.52. The molecule has 1 saturated heterocycles. The van der Waals surface area contributed by atoms with E-state index < -0.39 is 0 Å². The first kappa shape index (κ1) is 22.3.